The summed E-state index contributed by atoms with van der Waals surface area (Å²) in [5, 5.41) is 0.670. The number of aromatic nitrogens is 2. The van der Waals surface area contributed by atoms with Gasteiger partial charge in [0.15, 0.2) is 0 Å². The number of piperidine rings is 1. The van der Waals surface area contributed by atoms with Gasteiger partial charge in [-0.2, -0.15) is 13.2 Å². The van der Waals surface area contributed by atoms with Crippen molar-refractivity contribution >= 4 is 46.9 Å². The topological polar surface area (TPSA) is 69.6 Å². The summed E-state index contributed by atoms with van der Waals surface area (Å²) >= 11 is 1.07. The van der Waals surface area contributed by atoms with Crippen molar-refractivity contribution in [1.29, 1.82) is 0 Å². The fraction of sp³-hybridized carbons (Fsp3) is 0.652. The molecule has 5 heterocycles. The van der Waals surface area contributed by atoms with Gasteiger partial charge in [0.25, 0.3) is 7.41 Å². The number of halogens is 3. The fourth-order valence-electron chi connectivity index (χ4n) is 6.27. The number of rotatable bonds is 5. The Morgan fingerprint density at radius 2 is 2.03 bits per heavy atom. The average molecular weight is 504 g/mol. The molecule has 4 fully saturated rings. The van der Waals surface area contributed by atoms with Crippen LogP contribution in [-0.2, 0) is 16.0 Å². The number of carbonyl (C=O) groups is 2. The van der Waals surface area contributed by atoms with E-state index in [9.17, 15) is 22.8 Å². The van der Waals surface area contributed by atoms with Crippen LogP contribution in [0.1, 0.15) is 30.6 Å². The smallest absolute Gasteiger partial charge is 0.355 e. The van der Waals surface area contributed by atoms with Gasteiger partial charge in [-0.1, -0.05) is 0 Å². The molecule has 1 radical (unpaired) electrons. The average Bonchev–Trinajstić information content (AvgIpc) is 3.12. The first kappa shape index (κ1) is 23.2. The van der Waals surface area contributed by atoms with E-state index in [1.54, 1.807) is 6.07 Å². The van der Waals surface area contributed by atoms with E-state index in [1.807, 2.05) is 9.71 Å². The van der Waals surface area contributed by atoms with Crippen molar-refractivity contribution in [3.8, 4) is 0 Å². The molecule has 1 aliphatic carbocycles. The van der Waals surface area contributed by atoms with E-state index in [0.717, 1.165) is 56.3 Å². The third kappa shape index (κ3) is 4.43. The zero-order valence-electron chi connectivity index (χ0n) is 19.2. The minimum absolute atomic E-state index is 0.114. The zero-order chi connectivity index (χ0) is 24.4. The molecular weight excluding hydrogens is 478 g/mol. The first-order valence-corrected chi connectivity index (χ1v) is 12.9. The summed E-state index contributed by atoms with van der Waals surface area (Å²) in [7, 11) is 1.52. The van der Waals surface area contributed by atoms with Crippen molar-refractivity contribution in [3.05, 3.63) is 17.3 Å². The van der Waals surface area contributed by atoms with Crippen molar-refractivity contribution in [1.82, 2.24) is 19.7 Å². The second-order valence-corrected chi connectivity index (χ2v) is 11.7. The van der Waals surface area contributed by atoms with Crippen LogP contribution in [0.5, 0.6) is 0 Å². The lowest BCUT2D eigenvalue weighted by Gasteiger charge is -2.37. The second kappa shape index (κ2) is 8.43. The molecule has 185 valence electrons. The number of hydrogen-bond donors (Lipinski definition) is 0. The predicted octanol–water partition coefficient (Wildman–Crippen LogP) is 2.74. The van der Waals surface area contributed by atoms with Crippen LogP contribution in [0.3, 0.4) is 0 Å². The van der Waals surface area contributed by atoms with E-state index >= 15 is 0 Å². The van der Waals surface area contributed by atoms with Gasteiger partial charge in [-0.3, -0.25) is 4.79 Å². The first-order chi connectivity index (χ1) is 16.7. The molecule has 3 atom stereocenters. The molecule has 12 heteroatoms. The van der Waals surface area contributed by atoms with E-state index in [-0.39, 0.29) is 28.2 Å². The van der Waals surface area contributed by atoms with E-state index in [0.29, 0.717) is 41.6 Å². The van der Waals surface area contributed by atoms with Crippen LogP contribution in [0.4, 0.5) is 19.0 Å². The monoisotopic (exact) mass is 504 g/mol. The van der Waals surface area contributed by atoms with Crippen molar-refractivity contribution in [2.24, 2.45) is 17.3 Å². The molecule has 2 aromatic rings. The van der Waals surface area contributed by atoms with Crippen LogP contribution in [0, 0.1) is 17.3 Å². The number of hydrogen-bond acceptors (Lipinski definition) is 7. The summed E-state index contributed by atoms with van der Waals surface area (Å²) in [4.78, 5) is 40.1. The quantitative estimate of drug-likeness (QED) is 0.461. The molecule has 1 spiro atoms. The molecule has 0 N–H and O–H groups in total. The normalized spacial score (nSPS) is 28.0. The third-order valence-corrected chi connectivity index (χ3v) is 9.23. The van der Waals surface area contributed by atoms with Crippen LogP contribution in [0.25, 0.3) is 10.2 Å². The minimum Gasteiger partial charge on any atom is -0.355 e. The Hall–Kier alpha value is -2.21. The van der Waals surface area contributed by atoms with Gasteiger partial charge in [-0.25, -0.2) is 9.97 Å². The van der Waals surface area contributed by atoms with Crippen molar-refractivity contribution < 1.29 is 22.8 Å². The largest absolute Gasteiger partial charge is 0.393 e. The minimum atomic E-state index is -4.26. The highest BCUT2D eigenvalue weighted by atomic mass is 32.1. The van der Waals surface area contributed by atoms with Gasteiger partial charge in [-0.05, 0) is 55.5 Å². The predicted molar refractivity (Wildman–Crippen MR) is 127 cm³/mol. The summed E-state index contributed by atoms with van der Waals surface area (Å²) in [6.45, 7) is 3.64. The summed E-state index contributed by atoms with van der Waals surface area (Å²) < 4.78 is 38.7. The van der Waals surface area contributed by atoms with Crippen molar-refractivity contribution in [3.63, 3.8) is 0 Å². The maximum absolute atomic E-state index is 13.5. The number of fused-ring (bicyclic) bond motifs is 2. The van der Waals surface area contributed by atoms with Crippen LogP contribution < -0.4 is 4.90 Å². The summed E-state index contributed by atoms with van der Waals surface area (Å²) in [5.74, 6) is 1.49. The molecule has 0 aromatic carbocycles. The molecule has 6 rings (SSSR count). The van der Waals surface area contributed by atoms with Crippen LogP contribution >= 0.6 is 11.3 Å². The summed E-state index contributed by atoms with van der Waals surface area (Å²) in [5.41, 5.74) is 0.214. The van der Waals surface area contributed by atoms with E-state index < -0.39 is 12.6 Å². The van der Waals surface area contributed by atoms with Crippen molar-refractivity contribution in [2.45, 2.75) is 44.3 Å². The number of thiophene rings is 1. The number of nitrogens with zero attached hydrogens (tertiary/aromatic N) is 5. The Labute approximate surface area is 205 Å². The molecule has 7 nitrogen and oxygen atoms in total. The Balaban J connectivity index is 1.16. The van der Waals surface area contributed by atoms with Gasteiger partial charge in [0, 0.05) is 31.1 Å². The van der Waals surface area contributed by atoms with Gasteiger partial charge in [0.2, 0.25) is 5.91 Å². The lowest BCUT2D eigenvalue weighted by atomic mass is 9.87. The lowest BCUT2D eigenvalue weighted by Crippen LogP contribution is -2.51. The third-order valence-electron chi connectivity index (χ3n) is 8.19. The summed E-state index contributed by atoms with van der Waals surface area (Å²) in [6.07, 6.45) is 0.941. The van der Waals surface area contributed by atoms with Gasteiger partial charge in [0.05, 0.1) is 24.0 Å². The summed E-state index contributed by atoms with van der Waals surface area (Å²) in [6, 6.07) is 1.32. The highest BCUT2D eigenvalue weighted by molar-refractivity contribution is 7.18. The first-order valence-electron chi connectivity index (χ1n) is 12.1. The molecule has 0 bridgehead atoms. The van der Waals surface area contributed by atoms with Crippen LogP contribution in [0.15, 0.2) is 12.4 Å². The maximum atomic E-state index is 13.5. The molecule has 35 heavy (non-hydrogen) atoms. The molecule has 1 amide bonds. The Morgan fingerprint density at radius 3 is 2.77 bits per heavy atom. The molecule has 1 saturated carbocycles. The molecule has 3 saturated heterocycles. The molecule has 2 aromatic heterocycles. The van der Waals surface area contributed by atoms with Crippen LogP contribution in [-0.4, -0.2) is 84.1 Å². The Morgan fingerprint density at radius 1 is 1.23 bits per heavy atom. The standard InChI is InChI=1S/C23H26BF3N5O2S/c25-23(26,27)6-16-5-17-19(28-13-29-20(17)35-16)31-8-14-1-4-30(9-15(14)10-31)21(34)18-7-22(2-3-22)11-32(18)24-12-33/h5,12-15,18H,1-4,6-11H2/t14-,15+,18-/m0/s1. The molecule has 4 aliphatic rings. The van der Waals surface area contributed by atoms with Crippen LogP contribution in [0.2, 0.25) is 0 Å². The Bertz CT molecular complexity index is 1160. The highest BCUT2D eigenvalue weighted by Gasteiger charge is 2.54. The molecule has 3 aliphatic heterocycles. The molecule has 0 unspecified atom stereocenters. The van der Waals surface area contributed by atoms with E-state index in [4.69, 9.17) is 0 Å². The van der Waals surface area contributed by atoms with E-state index in [1.165, 1.54) is 13.7 Å². The number of anilines is 1. The highest BCUT2D eigenvalue weighted by Crippen LogP contribution is 2.54. The van der Waals surface area contributed by atoms with E-state index in [2.05, 4.69) is 14.9 Å². The zero-order valence-corrected chi connectivity index (χ0v) is 20.0. The van der Waals surface area contributed by atoms with Gasteiger partial charge < -0.3 is 19.4 Å². The second-order valence-electron chi connectivity index (χ2n) is 10.6. The van der Waals surface area contributed by atoms with Gasteiger partial charge >= 0.3 is 6.18 Å². The number of alkyl halides is 3. The SMILES string of the molecule is O=C[B]N1CC2(CC2)C[C@H]1C(=O)N1CC[C@H]2CN(c3ncnc4sc(CC(F)(F)F)cc34)C[C@H]2C1. The maximum Gasteiger partial charge on any atom is 0.393 e. The molecular formula is C23H26BF3N5O2S. The number of carbonyl (C=O) groups excluding carboxylic acids is 2. The Kier molecular flexibility index (Phi) is 5.59. The fourth-order valence-corrected chi connectivity index (χ4v) is 7.30. The van der Waals surface area contributed by atoms with Gasteiger partial charge in [-0.15, -0.1) is 11.3 Å². The number of likely N-dealkylation sites (tertiary alicyclic amines) is 1. The van der Waals surface area contributed by atoms with Crippen molar-refractivity contribution in [2.75, 3.05) is 37.6 Å². The number of amides is 1. The lowest BCUT2D eigenvalue weighted by molar-refractivity contribution is -0.137. The van der Waals surface area contributed by atoms with Gasteiger partial charge in [0.1, 0.15) is 17.0 Å².